The first-order valence-electron chi connectivity index (χ1n) is 7.05. The predicted molar refractivity (Wildman–Crippen MR) is 79.9 cm³/mol. The summed E-state index contributed by atoms with van der Waals surface area (Å²) in [7, 11) is 0. The zero-order valence-corrected chi connectivity index (χ0v) is 12.0. The Hall–Kier alpha value is -2.43. The molecule has 0 atom stereocenters. The zero-order chi connectivity index (χ0) is 14.8. The van der Waals surface area contributed by atoms with Crippen molar-refractivity contribution in [1.82, 2.24) is 14.8 Å². The first kappa shape index (κ1) is 13.5. The van der Waals surface area contributed by atoms with Crippen LogP contribution in [0.15, 0.2) is 36.5 Å². The van der Waals surface area contributed by atoms with Crippen molar-refractivity contribution in [3.63, 3.8) is 0 Å². The maximum atomic E-state index is 12.7. The molecule has 1 fully saturated rings. The largest absolute Gasteiger partial charge is 0.339 e. The Morgan fingerprint density at radius 3 is 2.38 bits per heavy atom. The lowest BCUT2D eigenvalue weighted by Crippen LogP contribution is -2.50. The van der Waals surface area contributed by atoms with Gasteiger partial charge in [-0.2, -0.15) is 0 Å². The number of nitrogens with zero attached hydrogens (tertiary/aromatic N) is 3. The van der Waals surface area contributed by atoms with Crippen LogP contribution in [0.4, 0.5) is 0 Å². The third-order valence-electron chi connectivity index (χ3n) is 3.89. The van der Waals surface area contributed by atoms with Gasteiger partial charge in [0.2, 0.25) is 5.91 Å². The van der Waals surface area contributed by atoms with Crippen LogP contribution in [-0.4, -0.2) is 52.8 Å². The van der Waals surface area contributed by atoms with E-state index in [0.717, 1.165) is 10.9 Å². The summed E-state index contributed by atoms with van der Waals surface area (Å²) < 4.78 is 0. The molecular formula is C16H17N3O2. The lowest BCUT2D eigenvalue weighted by Gasteiger charge is -2.34. The van der Waals surface area contributed by atoms with Crippen LogP contribution in [0.1, 0.15) is 17.3 Å². The highest BCUT2D eigenvalue weighted by Crippen LogP contribution is 2.18. The molecule has 21 heavy (non-hydrogen) atoms. The first-order chi connectivity index (χ1) is 10.2. The highest BCUT2D eigenvalue weighted by atomic mass is 16.2. The van der Waals surface area contributed by atoms with Crippen LogP contribution in [0, 0.1) is 0 Å². The van der Waals surface area contributed by atoms with Crippen molar-refractivity contribution >= 4 is 22.7 Å². The molecule has 0 spiro atoms. The van der Waals surface area contributed by atoms with Gasteiger partial charge in [0.1, 0.15) is 0 Å². The molecule has 5 nitrogen and oxygen atoms in total. The Morgan fingerprint density at radius 2 is 1.67 bits per heavy atom. The van der Waals surface area contributed by atoms with E-state index in [1.807, 2.05) is 24.3 Å². The van der Waals surface area contributed by atoms with E-state index in [0.29, 0.717) is 31.7 Å². The van der Waals surface area contributed by atoms with Gasteiger partial charge in [-0.15, -0.1) is 0 Å². The van der Waals surface area contributed by atoms with Crippen molar-refractivity contribution in [2.75, 3.05) is 26.2 Å². The van der Waals surface area contributed by atoms with Gasteiger partial charge in [0.15, 0.2) is 0 Å². The van der Waals surface area contributed by atoms with Crippen molar-refractivity contribution in [3.05, 3.63) is 42.1 Å². The SMILES string of the molecule is CC(=O)N1CCN(C(=O)c2ccnc3ccccc23)CC1. The maximum absolute atomic E-state index is 12.7. The number of para-hydroxylation sites is 1. The van der Waals surface area contributed by atoms with E-state index in [2.05, 4.69) is 4.98 Å². The Bertz CT molecular complexity index is 685. The van der Waals surface area contributed by atoms with Gasteiger partial charge in [-0.25, -0.2) is 0 Å². The minimum atomic E-state index is 0.0109. The predicted octanol–water partition coefficient (Wildman–Crippen LogP) is 1.54. The molecule has 1 aromatic heterocycles. The number of piperazine rings is 1. The number of pyridine rings is 1. The third kappa shape index (κ3) is 2.59. The Balaban J connectivity index is 1.84. The number of amides is 2. The first-order valence-corrected chi connectivity index (χ1v) is 7.05. The number of fused-ring (bicyclic) bond motifs is 1. The second kappa shape index (κ2) is 5.52. The molecular weight excluding hydrogens is 266 g/mol. The van der Waals surface area contributed by atoms with Gasteiger partial charge >= 0.3 is 0 Å². The van der Waals surface area contributed by atoms with Gasteiger partial charge in [0, 0.05) is 44.7 Å². The summed E-state index contributed by atoms with van der Waals surface area (Å²) in [4.78, 5) is 31.9. The smallest absolute Gasteiger partial charge is 0.254 e. The normalized spacial score (nSPS) is 15.3. The number of aromatic nitrogens is 1. The molecule has 5 heteroatoms. The fourth-order valence-corrected chi connectivity index (χ4v) is 2.68. The zero-order valence-electron chi connectivity index (χ0n) is 12.0. The van der Waals surface area contributed by atoms with Crippen LogP contribution in [0.5, 0.6) is 0 Å². The molecule has 2 heterocycles. The van der Waals surface area contributed by atoms with Crippen molar-refractivity contribution in [1.29, 1.82) is 0 Å². The number of rotatable bonds is 1. The average Bonchev–Trinajstić information content (AvgIpc) is 2.53. The van der Waals surface area contributed by atoms with E-state index in [-0.39, 0.29) is 11.8 Å². The summed E-state index contributed by atoms with van der Waals surface area (Å²) in [6.45, 7) is 3.92. The van der Waals surface area contributed by atoms with Gasteiger partial charge in [-0.1, -0.05) is 18.2 Å². The summed E-state index contributed by atoms with van der Waals surface area (Å²) in [5.41, 5.74) is 1.50. The quantitative estimate of drug-likeness (QED) is 0.797. The summed E-state index contributed by atoms with van der Waals surface area (Å²) in [6, 6.07) is 9.41. The van der Waals surface area contributed by atoms with Crippen LogP contribution >= 0.6 is 0 Å². The number of carbonyl (C=O) groups excluding carboxylic acids is 2. The molecule has 0 bridgehead atoms. The molecule has 1 aliphatic rings. The molecule has 1 aliphatic heterocycles. The van der Waals surface area contributed by atoms with Crippen LogP contribution in [0.3, 0.4) is 0 Å². The van der Waals surface area contributed by atoms with E-state index in [1.54, 1.807) is 29.0 Å². The molecule has 0 unspecified atom stereocenters. The van der Waals surface area contributed by atoms with Gasteiger partial charge in [-0.05, 0) is 12.1 Å². The van der Waals surface area contributed by atoms with Crippen molar-refractivity contribution < 1.29 is 9.59 Å². The van der Waals surface area contributed by atoms with Crippen LogP contribution in [-0.2, 0) is 4.79 Å². The van der Waals surface area contributed by atoms with E-state index < -0.39 is 0 Å². The average molecular weight is 283 g/mol. The van der Waals surface area contributed by atoms with E-state index in [9.17, 15) is 9.59 Å². The molecule has 0 radical (unpaired) electrons. The fraction of sp³-hybridized carbons (Fsp3) is 0.312. The molecule has 2 amide bonds. The van der Waals surface area contributed by atoms with Gasteiger partial charge < -0.3 is 9.80 Å². The van der Waals surface area contributed by atoms with E-state index in [1.165, 1.54) is 0 Å². The highest BCUT2D eigenvalue weighted by Gasteiger charge is 2.24. The lowest BCUT2D eigenvalue weighted by molar-refractivity contribution is -0.130. The van der Waals surface area contributed by atoms with E-state index >= 15 is 0 Å². The fourth-order valence-electron chi connectivity index (χ4n) is 2.68. The molecule has 1 saturated heterocycles. The second-order valence-electron chi connectivity index (χ2n) is 5.17. The summed E-state index contributed by atoms with van der Waals surface area (Å²) in [6.07, 6.45) is 1.67. The van der Waals surface area contributed by atoms with E-state index in [4.69, 9.17) is 0 Å². The van der Waals surface area contributed by atoms with Crippen LogP contribution < -0.4 is 0 Å². The Labute approximate surface area is 123 Å². The minimum Gasteiger partial charge on any atom is -0.339 e. The third-order valence-corrected chi connectivity index (χ3v) is 3.89. The summed E-state index contributed by atoms with van der Waals surface area (Å²) >= 11 is 0. The molecule has 0 N–H and O–H groups in total. The molecule has 0 aliphatic carbocycles. The number of hydrogen-bond donors (Lipinski definition) is 0. The number of carbonyl (C=O) groups is 2. The number of hydrogen-bond acceptors (Lipinski definition) is 3. The standard InChI is InChI=1S/C16H17N3O2/c1-12(20)18-8-10-19(11-9-18)16(21)14-6-7-17-15-5-3-2-4-13(14)15/h2-7H,8-11H2,1H3. The monoisotopic (exact) mass is 283 g/mol. The minimum absolute atomic E-state index is 0.0109. The molecule has 3 rings (SSSR count). The summed E-state index contributed by atoms with van der Waals surface area (Å²) in [5.74, 6) is 0.0771. The van der Waals surface area contributed by atoms with Gasteiger partial charge in [-0.3, -0.25) is 14.6 Å². The van der Waals surface area contributed by atoms with Crippen molar-refractivity contribution in [2.45, 2.75) is 6.92 Å². The molecule has 2 aromatic rings. The highest BCUT2D eigenvalue weighted by molar-refractivity contribution is 6.06. The Kier molecular flexibility index (Phi) is 3.56. The maximum Gasteiger partial charge on any atom is 0.254 e. The van der Waals surface area contributed by atoms with Crippen molar-refractivity contribution in [3.8, 4) is 0 Å². The number of benzene rings is 1. The van der Waals surface area contributed by atoms with Crippen LogP contribution in [0.25, 0.3) is 10.9 Å². The van der Waals surface area contributed by atoms with Crippen molar-refractivity contribution in [2.24, 2.45) is 0 Å². The Morgan fingerprint density at radius 1 is 1.00 bits per heavy atom. The lowest BCUT2D eigenvalue weighted by atomic mass is 10.1. The van der Waals surface area contributed by atoms with Crippen LogP contribution in [0.2, 0.25) is 0 Å². The molecule has 0 saturated carbocycles. The van der Waals surface area contributed by atoms with Gasteiger partial charge in [0.05, 0.1) is 11.1 Å². The molecule has 108 valence electrons. The second-order valence-corrected chi connectivity index (χ2v) is 5.17. The molecule has 1 aromatic carbocycles. The summed E-state index contributed by atoms with van der Waals surface area (Å²) in [5, 5.41) is 0.874. The van der Waals surface area contributed by atoms with Gasteiger partial charge in [0.25, 0.3) is 5.91 Å². The topological polar surface area (TPSA) is 53.5 Å².